The van der Waals surface area contributed by atoms with E-state index < -0.39 is 0 Å². The van der Waals surface area contributed by atoms with Crippen molar-refractivity contribution in [2.75, 3.05) is 0 Å². The van der Waals surface area contributed by atoms with E-state index in [-0.39, 0.29) is 0 Å². The standard InChI is InChI=1S/C16H12Cl2N2O/c17-13-7-4-8-14(9-13)20-16(18)15(10-19-20)21-11-12-5-2-1-3-6-12/h1-10H,11H2. The lowest BCUT2D eigenvalue weighted by Crippen LogP contribution is -1.97. The number of rotatable bonds is 4. The topological polar surface area (TPSA) is 27.1 Å². The van der Waals surface area contributed by atoms with E-state index in [0.29, 0.717) is 22.5 Å². The van der Waals surface area contributed by atoms with Crippen LogP contribution in [0, 0.1) is 0 Å². The fourth-order valence-corrected chi connectivity index (χ4v) is 2.37. The van der Waals surface area contributed by atoms with Crippen molar-refractivity contribution in [2.45, 2.75) is 6.61 Å². The Hall–Kier alpha value is -1.97. The van der Waals surface area contributed by atoms with Crippen LogP contribution in [0.1, 0.15) is 5.56 Å². The molecule has 1 heterocycles. The summed E-state index contributed by atoms with van der Waals surface area (Å²) in [6, 6.07) is 17.2. The summed E-state index contributed by atoms with van der Waals surface area (Å²) < 4.78 is 7.30. The molecule has 0 aliphatic heterocycles. The number of halogens is 2. The maximum absolute atomic E-state index is 6.31. The maximum atomic E-state index is 6.31. The number of nitrogens with zero attached hydrogens (tertiary/aromatic N) is 2. The number of ether oxygens (including phenoxy) is 1. The van der Waals surface area contributed by atoms with Crippen molar-refractivity contribution >= 4 is 23.2 Å². The van der Waals surface area contributed by atoms with Gasteiger partial charge in [0.15, 0.2) is 10.9 Å². The molecular weight excluding hydrogens is 307 g/mol. The predicted octanol–water partition coefficient (Wildman–Crippen LogP) is 4.76. The first-order valence-corrected chi connectivity index (χ1v) is 7.16. The zero-order valence-corrected chi connectivity index (χ0v) is 12.6. The zero-order chi connectivity index (χ0) is 14.7. The van der Waals surface area contributed by atoms with Gasteiger partial charge in [-0.3, -0.25) is 0 Å². The van der Waals surface area contributed by atoms with Gasteiger partial charge in [0.05, 0.1) is 11.9 Å². The third-order valence-electron chi connectivity index (χ3n) is 2.97. The molecule has 0 fully saturated rings. The normalized spacial score (nSPS) is 10.6. The van der Waals surface area contributed by atoms with Crippen LogP contribution in [0.5, 0.6) is 5.75 Å². The van der Waals surface area contributed by atoms with Crippen LogP contribution in [-0.2, 0) is 6.61 Å². The molecule has 0 saturated carbocycles. The maximum Gasteiger partial charge on any atom is 0.177 e. The SMILES string of the molecule is Clc1cccc(-n2ncc(OCc3ccccc3)c2Cl)c1. The molecule has 0 radical (unpaired) electrons. The fourth-order valence-electron chi connectivity index (χ4n) is 1.94. The molecule has 3 nitrogen and oxygen atoms in total. The largest absolute Gasteiger partial charge is 0.484 e. The van der Waals surface area contributed by atoms with Gasteiger partial charge in [-0.05, 0) is 23.8 Å². The fraction of sp³-hybridized carbons (Fsp3) is 0.0625. The Bertz CT molecular complexity index is 741. The van der Waals surface area contributed by atoms with Gasteiger partial charge in [0.2, 0.25) is 0 Å². The van der Waals surface area contributed by atoms with E-state index in [4.69, 9.17) is 27.9 Å². The summed E-state index contributed by atoms with van der Waals surface area (Å²) in [6.45, 7) is 0.446. The summed E-state index contributed by atoms with van der Waals surface area (Å²) in [6.07, 6.45) is 1.60. The average Bonchev–Trinajstić information content (AvgIpc) is 2.87. The quantitative estimate of drug-likeness (QED) is 0.693. The number of benzene rings is 2. The second-order valence-electron chi connectivity index (χ2n) is 4.47. The minimum absolute atomic E-state index is 0.424. The van der Waals surface area contributed by atoms with Crippen LogP contribution < -0.4 is 4.74 Å². The minimum Gasteiger partial charge on any atom is -0.484 e. The minimum atomic E-state index is 0.424. The molecule has 5 heteroatoms. The molecule has 0 saturated heterocycles. The first-order valence-electron chi connectivity index (χ1n) is 6.40. The summed E-state index contributed by atoms with van der Waals surface area (Å²) in [7, 11) is 0. The molecular formula is C16H12Cl2N2O. The Morgan fingerprint density at radius 1 is 1.00 bits per heavy atom. The van der Waals surface area contributed by atoms with E-state index in [1.807, 2.05) is 42.5 Å². The highest BCUT2D eigenvalue weighted by atomic mass is 35.5. The lowest BCUT2D eigenvalue weighted by Gasteiger charge is -2.06. The van der Waals surface area contributed by atoms with Crippen molar-refractivity contribution in [3.8, 4) is 11.4 Å². The Morgan fingerprint density at radius 3 is 2.57 bits per heavy atom. The molecule has 0 bridgehead atoms. The highest BCUT2D eigenvalue weighted by Gasteiger charge is 2.11. The summed E-state index contributed by atoms with van der Waals surface area (Å²) in [5.74, 6) is 0.542. The van der Waals surface area contributed by atoms with Gasteiger partial charge in [-0.1, -0.05) is 59.6 Å². The van der Waals surface area contributed by atoms with Gasteiger partial charge in [-0.2, -0.15) is 5.10 Å². The van der Waals surface area contributed by atoms with E-state index in [2.05, 4.69) is 5.10 Å². The van der Waals surface area contributed by atoms with Crippen molar-refractivity contribution in [3.05, 3.63) is 76.5 Å². The Balaban J connectivity index is 1.80. The molecule has 0 N–H and O–H groups in total. The monoisotopic (exact) mass is 318 g/mol. The second kappa shape index (κ2) is 6.20. The van der Waals surface area contributed by atoms with Crippen LogP contribution in [0.25, 0.3) is 5.69 Å². The summed E-state index contributed by atoms with van der Waals surface area (Å²) in [5.41, 5.74) is 1.87. The molecule has 0 amide bonds. The van der Waals surface area contributed by atoms with E-state index >= 15 is 0 Å². The number of hydrogen-bond acceptors (Lipinski definition) is 2. The summed E-state index contributed by atoms with van der Waals surface area (Å²) in [4.78, 5) is 0. The lowest BCUT2D eigenvalue weighted by molar-refractivity contribution is 0.306. The van der Waals surface area contributed by atoms with Gasteiger partial charge in [-0.25, -0.2) is 4.68 Å². The van der Waals surface area contributed by atoms with E-state index in [1.165, 1.54) is 0 Å². The van der Waals surface area contributed by atoms with Crippen LogP contribution in [0.2, 0.25) is 10.2 Å². The van der Waals surface area contributed by atoms with E-state index in [1.54, 1.807) is 23.0 Å². The van der Waals surface area contributed by atoms with Gasteiger partial charge in [0.25, 0.3) is 0 Å². The van der Waals surface area contributed by atoms with Crippen LogP contribution >= 0.6 is 23.2 Å². The van der Waals surface area contributed by atoms with Crippen molar-refractivity contribution in [1.82, 2.24) is 9.78 Å². The molecule has 1 aromatic heterocycles. The molecule has 3 rings (SSSR count). The van der Waals surface area contributed by atoms with Crippen molar-refractivity contribution in [3.63, 3.8) is 0 Å². The van der Waals surface area contributed by atoms with Crippen LogP contribution in [-0.4, -0.2) is 9.78 Å². The lowest BCUT2D eigenvalue weighted by atomic mass is 10.2. The van der Waals surface area contributed by atoms with Gasteiger partial charge in [0.1, 0.15) is 6.61 Å². The highest BCUT2D eigenvalue weighted by Crippen LogP contribution is 2.28. The average molecular weight is 319 g/mol. The van der Waals surface area contributed by atoms with Crippen molar-refractivity contribution in [2.24, 2.45) is 0 Å². The summed E-state index contributed by atoms with van der Waals surface area (Å²) >= 11 is 12.3. The molecule has 3 aromatic rings. The third kappa shape index (κ3) is 3.20. The van der Waals surface area contributed by atoms with Crippen LogP contribution in [0.3, 0.4) is 0 Å². The van der Waals surface area contributed by atoms with Crippen LogP contribution in [0.4, 0.5) is 0 Å². The van der Waals surface area contributed by atoms with Crippen LogP contribution in [0.15, 0.2) is 60.8 Å². The van der Waals surface area contributed by atoms with Crippen molar-refractivity contribution < 1.29 is 4.74 Å². The molecule has 0 atom stereocenters. The van der Waals surface area contributed by atoms with E-state index in [0.717, 1.165) is 11.3 Å². The van der Waals surface area contributed by atoms with Gasteiger partial charge < -0.3 is 4.74 Å². The summed E-state index contributed by atoms with van der Waals surface area (Å²) in [5, 5.41) is 5.30. The molecule has 0 aliphatic rings. The smallest absolute Gasteiger partial charge is 0.177 e. The number of hydrogen-bond donors (Lipinski definition) is 0. The Labute approximate surface area is 132 Å². The first-order chi connectivity index (χ1) is 10.2. The molecule has 0 aliphatic carbocycles. The molecule has 106 valence electrons. The second-order valence-corrected chi connectivity index (χ2v) is 5.26. The third-order valence-corrected chi connectivity index (χ3v) is 3.55. The van der Waals surface area contributed by atoms with Gasteiger partial charge >= 0.3 is 0 Å². The molecule has 2 aromatic carbocycles. The zero-order valence-electron chi connectivity index (χ0n) is 11.0. The highest BCUT2D eigenvalue weighted by molar-refractivity contribution is 6.31. The Kier molecular flexibility index (Phi) is 4.13. The molecule has 21 heavy (non-hydrogen) atoms. The Morgan fingerprint density at radius 2 is 1.81 bits per heavy atom. The van der Waals surface area contributed by atoms with Gasteiger partial charge in [-0.15, -0.1) is 0 Å². The molecule has 0 spiro atoms. The number of aromatic nitrogens is 2. The van der Waals surface area contributed by atoms with E-state index in [9.17, 15) is 0 Å². The van der Waals surface area contributed by atoms with Crippen molar-refractivity contribution in [1.29, 1.82) is 0 Å². The predicted molar refractivity (Wildman–Crippen MR) is 84.4 cm³/mol. The van der Waals surface area contributed by atoms with Gasteiger partial charge in [0, 0.05) is 5.02 Å². The molecule has 0 unspecified atom stereocenters. The first kappa shape index (κ1) is 14.0.